The Morgan fingerprint density at radius 2 is 2.00 bits per heavy atom. The van der Waals surface area contributed by atoms with Gasteiger partial charge >= 0.3 is 0 Å². The highest BCUT2D eigenvalue weighted by atomic mass is 16.5. The summed E-state index contributed by atoms with van der Waals surface area (Å²) in [4.78, 5) is 23.3. The molecule has 0 aliphatic rings. The first-order valence-electron chi connectivity index (χ1n) is 7.81. The molecule has 1 heterocycles. The van der Waals surface area contributed by atoms with Crippen LogP contribution in [0, 0.1) is 5.92 Å². The second-order valence-corrected chi connectivity index (χ2v) is 5.61. The molecule has 0 saturated heterocycles. The van der Waals surface area contributed by atoms with E-state index in [4.69, 9.17) is 0 Å². The van der Waals surface area contributed by atoms with Crippen LogP contribution in [0.1, 0.15) is 65.2 Å². The first kappa shape index (κ1) is 17.4. The number of nitrogens with one attached hydrogen (secondary N) is 1. The fourth-order valence-electron chi connectivity index (χ4n) is 2.45. The van der Waals surface area contributed by atoms with E-state index < -0.39 is 0 Å². The molecule has 118 valence electrons. The minimum Gasteiger partial charge on any atom is -0.363 e. The highest BCUT2D eigenvalue weighted by Crippen LogP contribution is 2.19. The van der Waals surface area contributed by atoms with Crippen LogP contribution < -0.4 is 5.32 Å². The van der Waals surface area contributed by atoms with Gasteiger partial charge in [0.25, 0.3) is 0 Å². The zero-order valence-electron chi connectivity index (χ0n) is 13.1. The van der Waals surface area contributed by atoms with E-state index in [0.29, 0.717) is 18.7 Å². The van der Waals surface area contributed by atoms with Crippen LogP contribution in [-0.2, 0) is 9.59 Å². The summed E-state index contributed by atoms with van der Waals surface area (Å²) in [5.74, 6) is 0.576. The molecule has 1 rings (SSSR count). The second kappa shape index (κ2) is 10.1. The van der Waals surface area contributed by atoms with E-state index in [1.807, 2.05) is 0 Å². The van der Waals surface area contributed by atoms with Crippen molar-refractivity contribution in [2.75, 3.05) is 5.32 Å². The summed E-state index contributed by atoms with van der Waals surface area (Å²) in [5.41, 5.74) is 0. The summed E-state index contributed by atoms with van der Waals surface area (Å²) in [6.07, 6.45) is 9.13. The number of hydrogen-bond acceptors (Lipinski definition) is 4. The number of unbranched alkanes of at least 4 members (excludes halogenated alkanes) is 4. The van der Waals surface area contributed by atoms with Gasteiger partial charge in [-0.2, -0.15) is 0 Å². The van der Waals surface area contributed by atoms with Gasteiger partial charge in [-0.3, -0.25) is 4.79 Å². The third kappa shape index (κ3) is 8.27. The van der Waals surface area contributed by atoms with Crippen LogP contribution in [0.4, 0.5) is 5.82 Å². The summed E-state index contributed by atoms with van der Waals surface area (Å²) < 4.78 is 4.67. The van der Waals surface area contributed by atoms with Gasteiger partial charge in [0.05, 0.1) is 0 Å². The lowest BCUT2D eigenvalue weighted by molar-refractivity contribution is -0.119. The molecule has 1 unspecified atom stereocenters. The van der Waals surface area contributed by atoms with Gasteiger partial charge in [-0.05, 0) is 19.3 Å². The van der Waals surface area contributed by atoms with Crippen molar-refractivity contribution < 1.29 is 14.1 Å². The lowest BCUT2D eigenvalue weighted by Gasteiger charge is -2.14. The van der Waals surface area contributed by atoms with Crippen molar-refractivity contribution in [3.8, 4) is 0 Å². The molecule has 0 aliphatic carbocycles. The molecule has 0 aromatic carbocycles. The molecule has 1 amide bonds. The molecule has 5 heteroatoms. The largest absolute Gasteiger partial charge is 0.363 e. The highest BCUT2D eigenvalue weighted by Gasteiger charge is 2.16. The van der Waals surface area contributed by atoms with Gasteiger partial charge in [0.15, 0.2) is 5.82 Å². The SMILES string of the molecule is CCCCCCCC(CC(C)=O)CC(=O)Nc1ccon1. The number of anilines is 1. The van der Waals surface area contributed by atoms with E-state index >= 15 is 0 Å². The molecule has 5 nitrogen and oxygen atoms in total. The van der Waals surface area contributed by atoms with E-state index in [-0.39, 0.29) is 17.6 Å². The molecule has 1 atom stereocenters. The zero-order valence-corrected chi connectivity index (χ0v) is 13.1. The summed E-state index contributed by atoms with van der Waals surface area (Å²) in [7, 11) is 0. The minimum absolute atomic E-state index is 0.108. The van der Waals surface area contributed by atoms with E-state index in [0.717, 1.165) is 12.8 Å². The van der Waals surface area contributed by atoms with E-state index in [2.05, 4.69) is 21.9 Å². The highest BCUT2D eigenvalue weighted by molar-refractivity contribution is 5.90. The van der Waals surface area contributed by atoms with E-state index in [9.17, 15) is 9.59 Å². The molecular formula is C16H26N2O3. The Bertz CT molecular complexity index is 415. The summed E-state index contributed by atoms with van der Waals surface area (Å²) in [6.45, 7) is 3.77. The molecule has 0 spiro atoms. The molecular weight excluding hydrogens is 268 g/mol. The molecule has 1 N–H and O–H groups in total. The molecule has 1 aromatic rings. The van der Waals surface area contributed by atoms with E-state index in [1.165, 1.54) is 31.9 Å². The Morgan fingerprint density at radius 1 is 1.24 bits per heavy atom. The molecule has 0 aliphatic heterocycles. The standard InChI is InChI=1S/C16H26N2O3/c1-3-4-5-6-7-8-14(11-13(2)19)12-16(20)17-15-9-10-21-18-15/h9-10,14H,3-8,11-12H2,1-2H3,(H,17,18,20). The maximum atomic E-state index is 11.9. The van der Waals surface area contributed by atoms with Crippen molar-refractivity contribution in [2.45, 2.75) is 65.2 Å². The lowest BCUT2D eigenvalue weighted by atomic mass is 9.92. The molecule has 0 radical (unpaired) electrons. The van der Waals surface area contributed by atoms with Crippen molar-refractivity contribution in [3.05, 3.63) is 12.3 Å². The van der Waals surface area contributed by atoms with Crippen LogP contribution in [0.15, 0.2) is 16.9 Å². The monoisotopic (exact) mass is 294 g/mol. The predicted molar refractivity (Wildman–Crippen MR) is 81.9 cm³/mol. The van der Waals surface area contributed by atoms with Gasteiger partial charge in [-0.25, -0.2) is 0 Å². The normalized spacial score (nSPS) is 12.1. The number of nitrogens with zero attached hydrogens (tertiary/aromatic N) is 1. The van der Waals surface area contributed by atoms with Crippen LogP contribution in [0.3, 0.4) is 0 Å². The Kier molecular flexibility index (Phi) is 8.40. The quantitative estimate of drug-likeness (QED) is 0.627. The van der Waals surface area contributed by atoms with Gasteiger partial charge in [0.2, 0.25) is 5.91 Å². The van der Waals surface area contributed by atoms with Gasteiger partial charge in [-0.15, -0.1) is 0 Å². The maximum Gasteiger partial charge on any atom is 0.225 e. The Labute approximate surface area is 126 Å². The first-order valence-corrected chi connectivity index (χ1v) is 7.81. The number of aromatic nitrogens is 1. The molecule has 0 saturated carbocycles. The average molecular weight is 294 g/mol. The van der Waals surface area contributed by atoms with Gasteiger partial charge in [0, 0.05) is 18.9 Å². The van der Waals surface area contributed by atoms with Gasteiger partial charge in [-0.1, -0.05) is 44.2 Å². The van der Waals surface area contributed by atoms with Crippen LogP contribution in [0.5, 0.6) is 0 Å². The number of rotatable bonds is 11. The van der Waals surface area contributed by atoms with Crippen LogP contribution >= 0.6 is 0 Å². The topological polar surface area (TPSA) is 72.2 Å². The van der Waals surface area contributed by atoms with Crippen LogP contribution in [0.2, 0.25) is 0 Å². The van der Waals surface area contributed by atoms with Crippen LogP contribution in [-0.4, -0.2) is 16.8 Å². The number of carbonyl (C=O) groups is 2. The Balaban J connectivity index is 2.34. The van der Waals surface area contributed by atoms with Gasteiger partial charge in [0.1, 0.15) is 12.0 Å². The third-order valence-corrected chi connectivity index (χ3v) is 3.47. The number of amides is 1. The molecule has 21 heavy (non-hydrogen) atoms. The lowest BCUT2D eigenvalue weighted by Crippen LogP contribution is -2.18. The summed E-state index contributed by atoms with van der Waals surface area (Å²) >= 11 is 0. The summed E-state index contributed by atoms with van der Waals surface area (Å²) in [6, 6.07) is 1.60. The van der Waals surface area contributed by atoms with Gasteiger partial charge < -0.3 is 14.6 Å². The molecule has 0 bridgehead atoms. The molecule has 0 fully saturated rings. The van der Waals surface area contributed by atoms with Crippen molar-refractivity contribution in [3.63, 3.8) is 0 Å². The summed E-state index contributed by atoms with van der Waals surface area (Å²) in [5, 5.41) is 6.33. The van der Waals surface area contributed by atoms with Crippen molar-refractivity contribution in [2.24, 2.45) is 5.92 Å². The average Bonchev–Trinajstić information content (AvgIpc) is 2.90. The number of Topliss-reactive ketones (excluding diaryl/α,β-unsaturated/α-hetero) is 1. The number of carbonyl (C=O) groups excluding carboxylic acids is 2. The minimum atomic E-state index is -0.108. The predicted octanol–water partition coefficient (Wildman–Crippen LogP) is 3.96. The number of ketones is 1. The third-order valence-electron chi connectivity index (χ3n) is 3.47. The van der Waals surface area contributed by atoms with Crippen molar-refractivity contribution >= 4 is 17.5 Å². The van der Waals surface area contributed by atoms with Crippen molar-refractivity contribution in [1.82, 2.24) is 5.16 Å². The smallest absolute Gasteiger partial charge is 0.225 e. The fourth-order valence-corrected chi connectivity index (χ4v) is 2.45. The first-order chi connectivity index (χ1) is 10.1. The Morgan fingerprint density at radius 3 is 2.62 bits per heavy atom. The van der Waals surface area contributed by atoms with Crippen molar-refractivity contribution in [1.29, 1.82) is 0 Å². The zero-order chi connectivity index (χ0) is 15.5. The molecule has 1 aromatic heterocycles. The maximum absolute atomic E-state index is 11.9. The Hall–Kier alpha value is -1.65. The number of hydrogen-bond donors (Lipinski definition) is 1. The van der Waals surface area contributed by atoms with E-state index in [1.54, 1.807) is 13.0 Å². The second-order valence-electron chi connectivity index (χ2n) is 5.61. The van der Waals surface area contributed by atoms with Crippen LogP contribution in [0.25, 0.3) is 0 Å². The fraction of sp³-hybridized carbons (Fsp3) is 0.688.